The first-order valence-electron chi connectivity index (χ1n) is 8.83. The Labute approximate surface area is 139 Å². The van der Waals surface area contributed by atoms with Gasteiger partial charge in [-0.15, -0.1) is 0 Å². The van der Waals surface area contributed by atoms with Crippen LogP contribution in [-0.4, -0.2) is 56.0 Å². The van der Waals surface area contributed by atoms with E-state index in [1.54, 1.807) is 0 Å². The minimum Gasteiger partial charge on any atom is -0.376 e. The van der Waals surface area contributed by atoms with Gasteiger partial charge in [-0.1, -0.05) is 11.6 Å². The van der Waals surface area contributed by atoms with Crippen LogP contribution in [0.2, 0.25) is 0 Å². The third kappa shape index (κ3) is 4.57. The highest BCUT2D eigenvalue weighted by molar-refractivity contribution is 7.91. The Morgan fingerprint density at radius 3 is 2.74 bits per heavy atom. The van der Waals surface area contributed by atoms with Gasteiger partial charge in [-0.05, 0) is 44.9 Å². The largest absolute Gasteiger partial charge is 0.376 e. The SMILES string of the molecule is O=C(CC1=CCCCC1)N(C[C@H]1CCCO1)[C@H]1CCS(=O)(=O)C1. The first kappa shape index (κ1) is 17.0. The summed E-state index contributed by atoms with van der Waals surface area (Å²) in [5.74, 6) is 0.399. The number of amides is 1. The Morgan fingerprint density at radius 2 is 2.13 bits per heavy atom. The average Bonchev–Trinajstić information content (AvgIpc) is 3.15. The minimum atomic E-state index is -2.99. The van der Waals surface area contributed by atoms with Crippen LogP contribution in [0.15, 0.2) is 11.6 Å². The van der Waals surface area contributed by atoms with Crippen molar-refractivity contribution < 1.29 is 17.9 Å². The lowest BCUT2D eigenvalue weighted by Gasteiger charge is -2.31. The van der Waals surface area contributed by atoms with Crippen molar-refractivity contribution in [1.29, 1.82) is 0 Å². The van der Waals surface area contributed by atoms with Gasteiger partial charge in [0.05, 0.1) is 17.6 Å². The molecule has 2 heterocycles. The fraction of sp³-hybridized carbons (Fsp3) is 0.824. The zero-order chi connectivity index (χ0) is 16.3. The monoisotopic (exact) mass is 341 g/mol. The molecule has 5 nitrogen and oxygen atoms in total. The van der Waals surface area contributed by atoms with Crippen molar-refractivity contribution in [2.45, 2.75) is 63.5 Å². The molecule has 2 fully saturated rings. The molecule has 0 aromatic heterocycles. The fourth-order valence-electron chi connectivity index (χ4n) is 3.84. The lowest BCUT2D eigenvalue weighted by molar-refractivity contribution is -0.134. The van der Waals surface area contributed by atoms with E-state index in [2.05, 4.69) is 6.08 Å². The Kier molecular flexibility index (Phi) is 5.42. The third-order valence-electron chi connectivity index (χ3n) is 5.16. The molecule has 0 saturated carbocycles. The normalized spacial score (nSPS) is 30.2. The molecular formula is C17H27NO4S. The van der Waals surface area contributed by atoms with Crippen molar-refractivity contribution in [3.05, 3.63) is 11.6 Å². The maximum Gasteiger partial charge on any atom is 0.227 e. The molecule has 0 spiro atoms. The van der Waals surface area contributed by atoms with Gasteiger partial charge in [0.1, 0.15) is 0 Å². The maximum atomic E-state index is 12.8. The molecule has 0 unspecified atom stereocenters. The van der Waals surface area contributed by atoms with E-state index in [1.165, 1.54) is 12.0 Å². The molecule has 2 aliphatic heterocycles. The van der Waals surface area contributed by atoms with E-state index in [0.29, 0.717) is 19.4 Å². The van der Waals surface area contributed by atoms with Gasteiger partial charge in [-0.25, -0.2) is 8.42 Å². The third-order valence-corrected chi connectivity index (χ3v) is 6.91. The second kappa shape index (κ2) is 7.34. The number of hydrogen-bond acceptors (Lipinski definition) is 4. The average molecular weight is 341 g/mol. The van der Waals surface area contributed by atoms with Crippen LogP contribution >= 0.6 is 0 Å². The fourth-order valence-corrected chi connectivity index (χ4v) is 5.58. The molecule has 2 atom stereocenters. The van der Waals surface area contributed by atoms with Crippen molar-refractivity contribution in [3.8, 4) is 0 Å². The highest BCUT2D eigenvalue weighted by Gasteiger charge is 2.36. The van der Waals surface area contributed by atoms with Crippen molar-refractivity contribution in [3.63, 3.8) is 0 Å². The molecule has 0 aromatic rings. The number of rotatable bonds is 5. The minimum absolute atomic E-state index is 0.0718. The molecule has 0 aromatic carbocycles. The highest BCUT2D eigenvalue weighted by atomic mass is 32.2. The molecule has 3 aliphatic rings. The van der Waals surface area contributed by atoms with Gasteiger partial charge in [0.15, 0.2) is 9.84 Å². The molecule has 1 aliphatic carbocycles. The summed E-state index contributed by atoms with van der Waals surface area (Å²) in [6.07, 6.45) is 9.70. The number of allylic oxidation sites excluding steroid dienone is 1. The summed E-state index contributed by atoms with van der Waals surface area (Å²) < 4.78 is 29.3. The van der Waals surface area contributed by atoms with E-state index in [1.807, 2.05) is 4.90 Å². The quantitative estimate of drug-likeness (QED) is 0.718. The molecule has 0 bridgehead atoms. The summed E-state index contributed by atoms with van der Waals surface area (Å²) in [6.45, 7) is 1.30. The van der Waals surface area contributed by atoms with Gasteiger partial charge in [0, 0.05) is 25.6 Å². The summed E-state index contributed by atoms with van der Waals surface area (Å²) in [6, 6.07) is -0.166. The van der Waals surface area contributed by atoms with Crippen LogP contribution in [0.25, 0.3) is 0 Å². The molecule has 1 amide bonds. The van der Waals surface area contributed by atoms with Gasteiger partial charge in [-0.2, -0.15) is 0 Å². The number of carbonyl (C=O) groups is 1. The van der Waals surface area contributed by atoms with Gasteiger partial charge in [-0.3, -0.25) is 4.79 Å². The number of ether oxygens (including phenoxy) is 1. The van der Waals surface area contributed by atoms with E-state index < -0.39 is 9.84 Å². The van der Waals surface area contributed by atoms with Crippen LogP contribution in [-0.2, 0) is 19.4 Å². The predicted molar refractivity (Wildman–Crippen MR) is 88.9 cm³/mol. The summed E-state index contributed by atoms with van der Waals surface area (Å²) in [5, 5.41) is 0. The Morgan fingerprint density at radius 1 is 1.26 bits per heavy atom. The maximum absolute atomic E-state index is 12.8. The van der Waals surface area contributed by atoms with E-state index in [0.717, 1.165) is 38.7 Å². The van der Waals surface area contributed by atoms with Crippen LogP contribution in [0.4, 0.5) is 0 Å². The summed E-state index contributed by atoms with van der Waals surface area (Å²) in [7, 11) is -2.99. The molecule has 0 N–H and O–H groups in total. The summed E-state index contributed by atoms with van der Waals surface area (Å²) in [4.78, 5) is 14.6. The van der Waals surface area contributed by atoms with E-state index in [9.17, 15) is 13.2 Å². The smallest absolute Gasteiger partial charge is 0.227 e. The second-order valence-corrected chi connectivity index (χ2v) is 9.25. The Bertz CT molecular complexity index is 563. The van der Waals surface area contributed by atoms with Crippen molar-refractivity contribution >= 4 is 15.7 Å². The van der Waals surface area contributed by atoms with Crippen molar-refractivity contribution in [2.75, 3.05) is 24.7 Å². The van der Waals surface area contributed by atoms with Crippen molar-refractivity contribution in [2.24, 2.45) is 0 Å². The van der Waals surface area contributed by atoms with Gasteiger partial charge in [0.2, 0.25) is 5.91 Å². The topological polar surface area (TPSA) is 63.7 Å². The summed E-state index contributed by atoms with van der Waals surface area (Å²) in [5.41, 5.74) is 1.22. The Balaban J connectivity index is 1.68. The molecule has 130 valence electrons. The number of carbonyl (C=O) groups excluding carboxylic acids is 1. The zero-order valence-corrected chi connectivity index (χ0v) is 14.5. The first-order valence-corrected chi connectivity index (χ1v) is 10.6. The highest BCUT2D eigenvalue weighted by Crippen LogP contribution is 2.25. The standard InChI is InChI=1S/C17H27NO4S/c19-17(11-14-5-2-1-3-6-14)18(12-16-7-4-9-22-16)15-8-10-23(20,21)13-15/h5,15-16H,1-4,6-13H2/t15-,16+/m0/s1. The first-order chi connectivity index (χ1) is 11.0. The molecular weight excluding hydrogens is 314 g/mol. The number of sulfone groups is 1. The summed E-state index contributed by atoms with van der Waals surface area (Å²) >= 11 is 0. The Hall–Kier alpha value is -0.880. The molecule has 6 heteroatoms. The van der Waals surface area contributed by atoms with Crippen LogP contribution in [0.1, 0.15) is 51.4 Å². The second-order valence-electron chi connectivity index (χ2n) is 7.02. The van der Waals surface area contributed by atoms with Gasteiger partial charge >= 0.3 is 0 Å². The zero-order valence-electron chi connectivity index (χ0n) is 13.7. The molecule has 3 rings (SSSR count). The van der Waals surface area contributed by atoms with Crippen LogP contribution in [0.5, 0.6) is 0 Å². The molecule has 2 saturated heterocycles. The van der Waals surface area contributed by atoms with Crippen LogP contribution < -0.4 is 0 Å². The van der Waals surface area contributed by atoms with Crippen LogP contribution in [0.3, 0.4) is 0 Å². The van der Waals surface area contributed by atoms with Gasteiger partial charge < -0.3 is 9.64 Å². The van der Waals surface area contributed by atoms with Crippen molar-refractivity contribution in [1.82, 2.24) is 4.90 Å². The van der Waals surface area contributed by atoms with E-state index in [-0.39, 0.29) is 29.6 Å². The van der Waals surface area contributed by atoms with Crippen LogP contribution in [0, 0.1) is 0 Å². The van der Waals surface area contributed by atoms with E-state index >= 15 is 0 Å². The molecule has 23 heavy (non-hydrogen) atoms. The number of hydrogen-bond donors (Lipinski definition) is 0. The van der Waals surface area contributed by atoms with Gasteiger partial charge in [0.25, 0.3) is 0 Å². The lowest BCUT2D eigenvalue weighted by Crippen LogP contribution is -2.45. The molecule has 0 radical (unpaired) electrons. The number of nitrogens with zero attached hydrogens (tertiary/aromatic N) is 1. The lowest BCUT2D eigenvalue weighted by atomic mass is 9.96. The van der Waals surface area contributed by atoms with E-state index in [4.69, 9.17) is 4.74 Å². The predicted octanol–water partition coefficient (Wildman–Crippen LogP) is 2.07.